The maximum Gasteiger partial charge on any atom is 0.131 e. The summed E-state index contributed by atoms with van der Waals surface area (Å²) >= 11 is 0. The summed E-state index contributed by atoms with van der Waals surface area (Å²) in [7, 11) is 0. The fourth-order valence-corrected chi connectivity index (χ4v) is 4.12. The molecule has 0 fully saturated rings. The summed E-state index contributed by atoms with van der Waals surface area (Å²) in [6.45, 7) is 3.34. The molecule has 0 amide bonds. The van der Waals surface area contributed by atoms with E-state index >= 15 is 0 Å². The number of nitrogens with zero attached hydrogens (tertiary/aromatic N) is 2. The third-order valence-corrected chi connectivity index (χ3v) is 5.77. The zero-order valence-electron chi connectivity index (χ0n) is 19.9. The molecule has 186 valence electrons. The minimum Gasteiger partial charge on any atom is -0.507 e. The first-order chi connectivity index (χ1) is 17.8. The molecule has 0 saturated carbocycles. The van der Waals surface area contributed by atoms with Gasteiger partial charge in [-0.25, -0.2) is 0 Å². The molecular formula is C28H28N2O6. The van der Waals surface area contributed by atoms with E-state index in [1.54, 1.807) is 0 Å². The number of aromatic hydroxyl groups is 1. The molecular weight excluding hydrogens is 460 g/mol. The van der Waals surface area contributed by atoms with Crippen LogP contribution < -0.4 is 9.47 Å². The van der Waals surface area contributed by atoms with Crippen LogP contribution in [0.15, 0.2) is 77.0 Å². The minimum atomic E-state index is 0.133. The monoisotopic (exact) mass is 488 g/mol. The predicted octanol–water partition coefficient (Wildman–Crippen LogP) is 5.94. The van der Waals surface area contributed by atoms with Gasteiger partial charge in [-0.2, -0.15) is 5.11 Å². The Morgan fingerprint density at radius 2 is 1.03 bits per heavy atom. The summed E-state index contributed by atoms with van der Waals surface area (Å²) in [5.41, 5.74) is 1.27. The van der Waals surface area contributed by atoms with Crippen LogP contribution in [0.2, 0.25) is 0 Å². The zero-order valence-corrected chi connectivity index (χ0v) is 19.9. The Balaban J connectivity index is 1.67. The molecule has 8 heteroatoms. The van der Waals surface area contributed by atoms with Gasteiger partial charge < -0.3 is 28.8 Å². The van der Waals surface area contributed by atoms with Crippen molar-refractivity contribution in [1.82, 2.24) is 0 Å². The van der Waals surface area contributed by atoms with Crippen LogP contribution in [0.4, 0.5) is 11.4 Å². The van der Waals surface area contributed by atoms with Crippen LogP contribution in [-0.4, -0.2) is 58.0 Å². The van der Waals surface area contributed by atoms with Crippen molar-refractivity contribution in [2.75, 3.05) is 52.9 Å². The van der Waals surface area contributed by atoms with Gasteiger partial charge in [-0.1, -0.05) is 42.5 Å². The van der Waals surface area contributed by atoms with Crippen molar-refractivity contribution in [2.24, 2.45) is 10.2 Å². The molecule has 0 unspecified atom stereocenters. The SMILES string of the molecule is Oc1c2cccc3c2c(N=Nc2ccccc2)c2c(cccc12)OCCOCCOCCOCCO3. The number of rotatable bonds is 2. The van der Waals surface area contributed by atoms with Crippen molar-refractivity contribution in [3.8, 4) is 17.2 Å². The molecule has 1 aliphatic heterocycles. The van der Waals surface area contributed by atoms with Crippen molar-refractivity contribution in [2.45, 2.75) is 0 Å². The molecule has 4 aromatic carbocycles. The van der Waals surface area contributed by atoms with Crippen LogP contribution in [0.5, 0.6) is 17.2 Å². The number of ether oxygens (including phenoxy) is 5. The molecule has 0 saturated heterocycles. The summed E-state index contributed by atoms with van der Waals surface area (Å²) in [6, 6.07) is 20.6. The maximum absolute atomic E-state index is 11.3. The van der Waals surface area contributed by atoms with Gasteiger partial charge in [0.1, 0.15) is 36.1 Å². The largest absolute Gasteiger partial charge is 0.507 e. The lowest BCUT2D eigenvalue weighted by Gasteiger charge is -2.17. The van der Waals surface area contributed by atoms with Crippen LogP contribution in [0.3, 0.4) is 0 Å². The summed E-state index contributed by atoms with van der Waals surface area (Å²) in [5, 5.41) is 23.0. The van der Waals surface area contributed by atoms with E-state index in [2.05, 4.69) is 10.2 Å². The zero-order chi connectivity index (χ0) is 24.6. The highest BCUT2D eigenvalue weighted by molar-refractivity contribution is 6.18. The molecule has 1 aliphatic rings. The molecule has 4 aromatic rings. The Labute approximate surface area is 209 Å². The molecule has 2 bridgehead atoms. The molecule has 36 heavy (non-hydrogen) atoms. The molecule has 0 aromatic heterocycles. The van der Waals surface area contributed by atoms with Crippen LogP contribution in [0.25, 0.3) is 21.5 Å². The second-order valence-corrected chi connectivity index (χ2v) is 8.12. The third-order valence-electron chi connectivity index (χ3n) is 5.77. The van der Waals surface area contributed by atoms with Gasteiger partial charge in [0.25, 0.3) is 0 Å². The first-order valence-corrected chi connectivity index (χ1v) is 12.0. The second-order valence-electron chi connectivity index (χ2n) is 8.12. The van der Waals surface area contributed by atoms with E-state index in [0.717, 1.165) is 0 Å². The van der Waals surface area contributed by atoms with E-state index in [0.29, 0.717) is 97.3 Å². The van der Waals surface area contributed by atoms with Gasteiger partial charge in [-0.15, -0.1) is 5.11 Å². The molecule has 1 heterocycles. The first kappa shape index (κ1) is 24.0. The average molecular weight is 489 g/mol. The molecule has 5 rings (SSSR count). The summed E-state index contributed by atoms with van der Waals surface area (Å²) in [5.74, 6) is 1.28. The topological polar surface area (TPSA) is 91.1 Å². The van der Waals surface area contributed by atoms with Crippen LogP contribution in [0, 0.1) is 0 Å². The summed E-state index contributed by atoms with van der Waals surface area (Å²) in [4.78, 5) is 0. The predicted molar refractivity (Wildman–Crippen MR) is 137 cm³/mol. The fourth-order valence-electron chi connectivity index (χ4n) is 4.12. The molecule has 0 spiro atoms. The normalized spacial score (nSPS) is 16.1. The van der Waals surface area contributed by atoms with Gasteiger partial charge in [0.05, 0.1) is 56.1 Å². The Bertz CT molecular complexity index is 1270. The maximum atomic E-state index is 11.3. The highest BCUT2D eigenvalue weighted by Crippen LogP contribution is 2.49. The second kappa shape index (κ2) is 11.8. The molecule has 0 radical (unpaired) electrons. The number of benzene rings is 4. The van der Waals surface area contributed by atoms with Crippen LogP contribution >= 0.6 is 0 Å². The van der Waals surface area contributed by atoms with E-state index in [1.807, 2.05) is 66.7 Å². The van der Waals surface area contributed by atoms with Gasteiger partial charge in [-0.05, 0) is 24.3 Å². The van der Waals surface area contributed by atoms with Gasteiger partial charge in [0, 0.05) is 10.8 Å². The van der Waals surface area contributed by atoms with Gasteiger partial charge in [-0.3, -0.25) is 0 Å². The quantitative estimate of drug-likeness (QED) is 0.278. The number of phenols is 1. The number of azo groups is 1. The lowest BCUT2D eigenvalue weighted by atomic mass is 9.98. The number of hydrogen-bond donors (Lipinski definition) is 1. The van der Waals surface area contributed by atoms with E-state index in [9.17, 15) is 5.11 Å². The van der Waals surface area contributed by atoms with Gasteiger partial charge >= 0.3 is 0 Å². The molecule has 0 aliphatic carbocycles. The Morgan fingerprint density at radius 1 is 0.528 bits per heavy atom. The lowest BCUT2D eigenvalue weighted by Crippen LogP contribution is -2.14. The summed E-state index contributed by atoms with van der Waals surface area (Å²) < 4.78 is 29.0. The van der Waals surface area contributed by atoms with Crippen molar-refractivity contribution in [3.05, 3.63) is 66.7 Å². The first-order valence-electron chi connectivity index (χ1n) is 12.0. The van der Waals surface area contributed by atoms with Crippen molar-refractivity contribution >= 4 is 32.9 Å². The third kappa shape index (κ3) is 5.41. The van der Waals surface area contributed by atoms with Crippen molar-refractivity contribution in [3.63, 3.8) is 0 Å². The van der Waals surface area contributed by atoms with Crippen molar-refractivity contribution in [1.29, 1.82) is 0 Å². The Morgan fingerprint density at radius 3 is 1.56 bits per heavy atom. The minimum absolute atomic E-state index is 0.133. The average Bonchev–Trinajstić information content (AvgIpc) is 2.91. The van der Waals surface area contributed by atoms with E-state index in [1.165, 1.54) is 0 Å². The highest BCUT2D eigenvalue weighted by atomic mass is 16.6. The summed E-state index contributed by atoms with van der Waals surface area (Å²) in [6.07, 6.45) is 0. The van der Waals surface area contributed by atoms with E-state index < -0.39 is 0 Å². The molecule has 8 nitrogen and oxygen atoms in total. The van der Waals surface area contributed by atoms with Crippen LogP contribution in [-0.2, 0) is 14.2 Å². The van der Waals surface area contributed by atoms with Crippen molar-refractivity contribution < 1.29 is 28.8 Å². The van der Waals surface area contributed by atoms with Gasteiger partial charge in [0.2, 0.25) is 0 Å². The number of phenolic OH excluding ortho intramolecular Hbond substituents is 1. The van der Waals surface area contributed by atoms with Crippen LogP contribution in [0.1, 0.15) is 0 Å². The highest BCUT2D eigenvalue weighted by Gasteiger charge is 2.20. The Kier molecular flexibility index (Phi) is 7.87. The molecule has 0 atom stereocenters. The molecule has 1 N–H and O–H groups in total. The standard InChI is InChI=1S/C28H28N2O6/c31-28-21-8-4-10-23-25(21)27(30-29-20-6-2-1-3-7-20)26-22(28)9-5-11-24(26)36-19-17-34-15-13-32-12-14-33-16-18-35-23/h1-11,31H,12-19H2. The Hall–Kier alpha value is -3.72. The lowest BCUT2D eigenvalue weighted by molar-refractivity contribution is 0.00510. The fraction of sp³-hybridized carbons (Fsp3) is 0.286. The number of hydrogen-bond acceptors (Lipinski definition) is 8. The van der Waals surface area contributed by atoms with E-state index in [-0.39, 0.29) is 5.75 Å². The van der Waals surface area contributed by atoms with Gasteiger partial charge in [0.15, 0.2) is 0 Å². The van der Waals surface area contributed by atoms with E-state index in [4.69, 9.17) is 23.7 Å². The smallest absolute Gasteiger partial charge is 0.131 e.